The van der Waals surface area contributed by atoms with Crippen LogP contribution in [-0.2, 0) is 4.74 Å². The highest BCUT2D eigenvalue weighted by atomic mass is 16.5. The predicted octanol–water partition coefficient (Wildman–Crippen LogP) is 2.55. The highest BCUT2D eigenvalue weighted by Gasteiger charge is 2.41. The molecule has 0 spiro atoms. The molecule has 138 valence electrons. The van der Waals surface area contributed by atoms with Crippen LogP contribution < -0.4 is 10.6 Å². The van der Waals surface area contributed by atoms with Crippen LogP contribution >= 0.6 is 0 Å². The van der Waals surface area contributed by atoms with Crippen molar-refractivity contribution in [2.45, 2.75) is 57.4 Å². The standard InChI is InChI=1S/C20H32N4O/c1-4-24(5-2)18(15-9-7-6-8-10-15)14-22-20(21-3)23-17-13-16-11-12-19(17)25-16/h6-10,16-19H,4-5,11-14H2,1-3H3,(H2,21,22,23). The summed E-state index contributed by atoms with van der Waals surface area (Å²) in [6.07, 6.45) is 4.30. The molecule has 2 bridgehead atoms. The third kappa shape index (κ3) is 4.33. The normalized spacial score (nSPS) is 26.9. The molecule has 0 aromatic heterocycles. The lowest BCUT2D eigenvalue weighted by Gasteiger charge is -2.31. The summed E-state index contributed by atoms with van der Waals surface area (Å²) in [4.78, 5) is 6.91. The summed E-state index contributed by atoms with van der Waals surface area (Å²) >= 11 is 0. The number of ether oxygens (including phenoxy) is 1. The lowest BCUT2D eigenvalue weighted by molar-refractivity contribution is 0.0992. The van der Waals surface area contributed by atoms with Crippen molar-refractivity contribution >= 4 is 5.96 Å². The number of nitrogens with one attached hydrogen (secondary N) is 2. The molecular weight excluding hydrogens is 312 g/mol. The highest BCUT2D eigenvalue weighted by Crippen LogP contribution is 2.34. The van der Waals surface area contributed by atoms with Gasteiger partial charge in [0.1, 0.15) is 0 Å². The number of aliphatic imine (C=N–C) groups is 1. The fraction of sp³-hybridized carbons (Fsp3) is 0.650. The van der Waals surface area contributed by atoms with Crippen LogP contribution in [0.15, 0.2) is 35.3 Å². The van der Waals surface area contributed by atoms with E-state index in [-0.39, 0.29) is 0 Å². The van der Waals surface area contributed by atoms with Gasteiger partial charge in [0, 0.05) is 13.6 Å². The number of guanidine groups is 1. The first-order chi connectivity index (χ1) is 12.2. The van der Waals surface area contributed by atoms with Gasteiger partial charge in [-0.1, -0.05) is 44.2 Å². The first-order valence-electron chi connectivity index (χ1n) is 9.66. The van der Waals surface area contributed by atoms with E-state index in [9.17, 15) is 0 Å². The molecule has 2 aliphatic rings. The summed E-state index contributed by atoms with van der Waals surface area (Å²) in [6.45, 7) is 7.35. The third-order valence-corrected chi connectivity index (χ3v) is 5.55. The van der Waals surface area contributed by atoms with Crippen molar-refractivity contribution in [2.24, 2.45) is 4.99 Å². The van der Waals surface area contributed by atoms with E-state index in [1.807, 2.05) is 7.05 Å². The Morgan fingerprint density at radius 2 is 2.00 bits per heavy atom. The maximum atomic E-state index is 5.94. The van der Waals surface area contributed by atoms with E-state index in [4.69, 9.17) is 4.74 Å². The maximum absolute atomic E-state index is 5.94. The Morgan fingerprint density at radius 1 is 1.24 bits per heavy atom. The Bertz CT molecular complexity index is 558. The minimum absolute atomic E-state index is 0.339. The lowest BCUT2D eigenvalue weighted by atomic mass is 9.96. The van der Waals surface area contributed by atoms with Gasteiger partial charge in [0.25, 0.3) is 0 Å². The van der Waals surface area contributed by atoms with Crippen molar-refractivity contribution in [1.82, 2.24) is 15.5 Å². The van der Waals surface area contributed by atoms with E-state index in [0.717, 1.165) is 32.0 Å². The molecule has 0 aliphatic carbocycles. The van der Waals surface area contributed by atoms with Gasteiger partial charge in [-0.05, 0) is 37.9 Å². The van der Waals surface area contributed by atoms with E-state index >= 15 is 0 Å². The molecular formula is C20H32N4O. The van der Waals surface area contributed by atoms with E-state index < -0.39 is 0 Å². The monoisotopic (exact) mass is 344 g/mol. The molecule has 3 rings (SSSR count). The van der Waals surface area contributed by atoms with Gasteiger partial charge in [0.15, 0.2) is 5.96 Å². The number of rotatable bonds is 7. The van der Waals surface area contributed by atoms with Crippen LogP contribution in [0.3, 0.4) is 0 Å². The average molecular weight is 345 g/mol. The first kappa shape index (κ1) is 18.2. The Balaban J connectivity index is 1.61. The summed E-state index contributed by atoms with van der Waals surface area (Å²) in [7, 11) is 1.85. The molecule has 0 saturated carbocycles. The molecule has 0 radical (unpaired) electrons. The number of hydrogen-bond acceptors (Lipinski definition) is 3. The second-order valence-electron chi connectivity index (χ2n) is 6.96. The van der Waals surface area contributed by atoms with Crippen LogP contribution in [-0.4, -0.2) is 55.8 Å². The second kappa shape index (κ2) is 8.68. The third-order valence-electron chi connectivity index (χ3n) is 5.55. The van der Waals surface area contributed by atoms with Crippen LogP contribution in [0, 0.1) is 0 Å². The van der Waals surface area contributed by atoms with Crippen molar-refractivity contribution in [1.29, 1.82) is 0 Å². The zero-order chi connectivity index (χ0) is 17.6. The van der Waals surface area contributed by atoms with E-state index in [0.29, 0.717) is 24.3 Å². The highest BCUT2D eigenvalue weighted by molar-refractivity contribution is 5.80. The van der Waals surface area contributed by atoms with Crippen molar-refractivity contribution < 1.29 is 4.74 Å². The van der Waals surface area contributed by atoms with Gasteiger partial charge in [-0.25, -0.2) is 0 Å². The molecule has 4 unspecified atom stereocenters. The number of hydrogen-bond donors (Lipinski definition) is 2. The summed E-state index contributed by atoms with van der Waals surface area (Å²) < 4.78 is 5.94. The van der Waals surface area contributed by atoms with E-state index in [2.05, 4.69) is 64.7 Å². The zero-order valence-electron chi connectivity index (χ0n) is 15.7. The van der Waals surface area contributed by atoms with Gasteiger partial charge in [-0.3, -0.25) is 9.89 Å². The molecule has 2 fully saturated rings. The molecule has 0 amide bonds. The molecule has 5 heteroatoms. The molecule has 2 saturated heterocycles. The SMILES string of the molecule is CCN(CC)C(CNC(=NC)NC1CC2CCC1O2)c1ccccc1. The van der Waals surface area contributed by atoms with Crippen molar-refractivity contribution in [3.63, 3.8) is 0 Å². The molecule has 2 N–H and O–H groups in total. The Morgan fingerprint density at radius 3 is 2.56 bits per heavy atom. The summed E-state index contributed by atoms with van der Waals surface area (Å²) in [5, 5.41) is 7.12. The lowest BCUT2D eigenvalue weighted by Crippen LogP contribution is -2.49. The largest absolute Gasteiger partial charge is 0.373 e. The average Bonchev–Trinajstić information content (AvgIpc) is 3.27. The van der Waals surface area contributed by atoms with Gasteiger partial charge in [-0.2, -0.15) is 0 Å². The smallest absolute Gasteiger partial charge is 0.191 e. The molecule has 25 heavy (non-hydrogen) atoms. The van der Waals surface area contributed by atoms with Crippen molar-refractivity contribution in [2.75, 3.05) is 26.7 Å². The first-order valence-corrected chi connectivity index (χ1v) is 9.66. The quantitative estimate of drug-likeness (QED) is 0.590. The molecule has 5 nitrogen and oxygen atoms in total. The molecule has 1 aromatic carbocycles. The van der Waals surface area contributed by atoms with Crippen LogP contribution in [0.25, 0.3) is 0 Å². The van der Waals surface area contributed by atoms with Gasteiger partial charge >= 0.3 is 0 Å². The Kier molecular flexibility index (Phi) is 6.32. The summed E-state index contributed by atoms with van der Waals surface area (Å²) in [5.74, 6) is 0.884. The van der Waals surface area contributed by atoms with Gasteiger partial charge in [-0.15, -0.1) is 0 Å². The van der Waals surface area contributed by atoms with Crippen LogP contribution in [0.5, 0.6) is 0 Å². The molecule has 2 aliphatic heterocycles. The number of likely N-dealkylation sites (N-methyl/N-ethyl adjacent to an activating group) is 1. The van der Waals surface area contributed by atoms with Gasteiger partial charge < -0.3 is 15.4 Å². The Hall–Kier alpha value is -1.59. The Labute approximate surface area is 151 Å². The zero-order valence-corrected chi connectivity index (χ0v) is 15.7. The molecule has 4 atom stereocenters. The van der Waals surface area contributed by atoms with Gasteiger partial charge in [0.05, 0.1) is 24.3 Å². The maximum Gasteiger partial charge on any atom is 0.191 e. The number of fused-ring (bicyclic) bond motifs is 2. The summed E-state index contributed by atoms with van der Waals surface area (Å²) in [5.41, 5.74) is 1.34. The van der Waals surface area contributed by atoms with Crippen LogP contribution in [0.2, 0.25) is 0 Å². The van der Waals surface area contributed by atoms with Crippen LogP contribution in [0.1, 0.15) is 44.7 Å². The summed E-state index contributed by atoms with van der Waals surface area (Å²) in [6, 6.07) is 11.5. The topological polar surface area (TPSA) is 48.9 Å². The minimum atomic E-state index is 0.339. The van der Waals surface area contributed by atoms with E-state index in [1.165, 1.54) is 18.4 Å². The van der Waals surface area contributed by atoms with Crippen molar-refractivity contribution in [3.05, 3.63) is 35.9 Å². The molecule has 1 aromatic rings. The second-order valence-corrected chi connectivity index (χ2v) is 6.96. The predicted molar refractivity (Wildman–Crippen MR) is 103 cm³/mol. The minimum Gasteiger partial charge on any atom is -0.373 e. The van der Waals surface area contributed by atoms with Crippen LogP contribution in [0.4, 0.5) is 0 Å². The van der Waals surface area contributed by atoms with Crippen molar-refractivity contribution in [3.8, 4) is 0 Å². The molecule has 2 heterocycles. The number of nitrogens with zero attached hydrogens (tertiary/aromatic N) is 2. The van der Waals surface area contributed by atoms with E-state index in [1.54, 1.807) is 0 Å². The fourth-order valence-corrected chi connectivity index (χ4v) is 4.15. The van der Waals surface area contributed by atoms with Gasteiger partial charge in [0.2, 0.25) is 0 Å². The fourth-order valence-electron chi connectivity index (χ4n) is 4.15. The number of benzene rings is 1.